The van der Waals surface area contributed by atoms with Gasteiger partial charge >= 0.3 is 0 Å². The molecule has 0 aliphatic heterocycles. The summed E-state index contributed by atoms with van der Waals surface area (Å²) in [7, 11) is 0. The standard InChI is InChI=1S/C24H25N3O2/c1-24(2,3)18-12-10-17(11-13-18)16-27-20-8-5-4-7-19(20)26-22(27)15-25-23(28)21-9-6-14-29-21/h4-14H,15-16H2,1-3H3,(H,25,28). The summed E-state index contributed by atoms with van der Waals surface area (Å²) in [6.45, 7) is 7.66. The van der Waals surface area contributed by atoms with E-state index in [0.717, 1.165) is 16.9 Å². The Morgan fingerprint density at radius 3 is 2.48 bits per heavy atom. The Labute approximate surface area is 170 Å². The number of carbonyl (C=O) groups excluding carboxylic acids is 1. The Bertz CT molecular complexity index is 1120. The molecule has 0 bridgehead atoms. The summed E-state index contributed by atoms with van der Waals surface area (Å²) < 4.78 is 7.32. The van der Waals surface area contributed by atoms with E-state index in [0.29, 0.717) is 18.8 Å². The van der Waals surface area contributed by atoms with Crippen LogP contribution in [0.5, 0.6) is 0 Å². The van der Waals surface area contributed by atoms with Gasteiger partial charge in [-0.15, -0.1) is 0 Å². The van der Waals surface area contributed by atoms with Crippen LogP contribution in [0.4, 0.5) is 0 Å². The van der Waals surface area contributed by atoms with Crippen molar-refractivity contribution in [3.8, 4) is 0 Å². The fraction of sp³-hybridized carbons (Fsp3) is 0.250. The Morgan fingerprint density at radius 2 is 1.79 bits per heavy atom. The summed E-state index contributed by atoms with van der Waals surface area (Å²) in [6.07, 6.45) is 1.49. The first-order valence-electron chi connectivity index (χ1n) is 9.77. The number of amides is 1. The number of nitrogens with one attached hydrogen (secondary N) is 1. The van der Waals surface area contributed by atoms with Crippen molar-refractivity contribution in [2.24, 2.45) is 0 Å². The van der Waals surface area contributed by atoms with Crippen LogP contribution in [0.25, 0.3) is 11.0 Å². The first kappa shape index (κ1) is 19.0. The van der Waals surface area contributed by atoms with E-state index in [1.54, 1.807) is 12.1 Å². The Morgan fingerprint density at radius 1 is 1.03 bits per heavy atom. The molecule has 5 nitrogen and oxygen atoms in total. The summed E-state index contributed by atoms with van der Waals surface area (Å²) in [4.78, 5) is 17.0. The van der Waals surface area contributed by atoms with E-state index in [2.05, 4.69) is 61.0 Å². The van der Waals surface area contributed by atoms with Crippen LogP contribution in [0.2, 0.25) is 0 Å². The predicted molar refractivity (Wildman–Crippen MR) is 114 cm³/mol. The van der Waals surface area contributed by atoms with Crippen molar-refractivity contribution in [1.29, 1.82) is 0 Å². The molecule has 0 fully saturated rings. The third-order valence-electron chi connectivity index (χ3n) is 5.05. The average Bonchev–Trinajstić information content (AvgIpc) is 3.35. The number of aromatic nitrogens is 2. The predicted octanol–water partition coefficient (Wildman–Crippen LogP) is 4.91. The van der Waals surface area contributed by atoms with Gasteiger partial charge in [-0.05, 0) is 40.8 Å². The molecule has 2 aromatic carbocycles. The van der Waals surface area contributed by atoms with Gasteiger partial charge in [-0.1, -0.05) is 57.2 Å². The molecule has 2 heterocycles. The SMILES string of the molecule is CC(C)(C)c1ccc(Cn2c(CNC(=O)c3ccco3)nc3ccccc32)cc1. The van der Waals surface area contributed by atoms with Gasteiger partial charge in [0.25, 0.3) is 5.91 Å². The van der Waals surface area contributed by atoms with Gasteiger partial charge in [-0.25, -0.2) is 4.98 Å². The second-order valence-electron chi connectivity index (χ2n) is 8.21. The lowest BCUT2D eigenvalue weighted by atomic mass is 9.87. The molecule has 0 radical (unpaired) electrons. The van der Waals surface area contributed by atoms with Crippen molar-refractivity contribution in [3.63, 3.8) is 0 Å². The van der Waals surface area contributed by atoms with E-state index in [9.17, 15) is 4.79 Å². The van der Waals surface area contributed by atoms with Crippen molar-refractivity contribution >= 4 is 16.9 Å². The second kappa shape index (κ2) is 7.59. The molecule has 2 aromatic heterocycles. The summed E-state index contributed by atoms with van der Waals surface area (Å²) in [6, 6.07) is 20.1. The summed E-state index contributed by atoms with van der Waals surface area (Å²) in [5.41, 5.74) is 4.60. The summed E-state index contributed by atoms with van der Waals surface area (Å²) in [5.74, 6) is 0.861. The molecule has 0 saturated heterocycles. The highest BCUT2D eigenvalue weighted by molar-refractivity contribution is 5.91. The third kappa shape index (κ3) is 4.09. The maximum absolute atomic E-state index is 12.3. The van der Waals surface area contributed by atoms with E-state index >= 15 is 0 Å². The smallest absolute Gasteiger partial charge is 0.287 e. The van der Waals surface area contributed by atoms with Gasteiger partial charge in [0.15, 0.2) is 5.76 Å². The maximum Gasteiger partial charge on any atom is 0.287 e. The Hall–Kier alpha value is -3.34. The van der Waals surface area contributed by atoms with Crippen LogP contribution >= 0.6 is 0 Å². The molecule has 4 aromatic rings. The van der Waals surface area contributed by atoms with E-state index in [1.807, 2.05) is 18.2 Å². The second-order valence-corrected chi connectivity index (χ2v) is 8.21. The molecule has 0 aliphatic carbocycles. The van der Waals surface area contributed by atoms with Gasteiger partial charge in [0.1, 0.15) is 5.82 Å². The van der Waals surface area contributed by atoms with Crippen molar-refractivity contribution in [1.82, 2.24) is 14.9 Å². The first-order valence-corrected chi connectivity index (χ1v) is 9.77. The van der Waals surface area contributed by atoms with Crippen molar-refractivity contribution in [2.75, 3.05) is 0 Å². The van der Waals surface area contributed by atoms with Crippen molar-refractivity contribution in [2.45, 2.75) is 39.3 Å². The minimum atomic E-state index is -0.247. The topological polar surface area (TPSA) is 60.1 Å². The Balaban J connectivity index is 1.60. The fourth-order valence-corrected chi connectivity index (χ4v) is 3.38. The number of carbonyl (C=O) groups is 1. The molecule has 0 saturated carbocycles. The number of para-hydroxylation sites is 2. The quantitative estimate of drug-likeness (QED) is 0.529. The molecular weight excluding hydrogens is 362 g/mol. The lowest BCUT2D eigenvalue weighted by Crippen LogP contribution is -2.24. The van der Waals surface area contributed by atoms with E-state index in [4.69, 9.17) is 9.40 Å². The van der Waals surface area contributed by atoms with Crippen molar-refractivity contribution < 1.29 is 9.21 Å². The van der Waals surface area contributed by atoms with E-state index in [1.165, 1.54) is 17.4 Å². The molecule has 0 aliphatic rings. The third-order valence-corrected chi connectivity index (χ3v) is 5.05. The van der Waals surface area contributed by atoms with Gasteiger partial charge in [-0.2, -0.15) is 0 Å². The zero-order valence-electron chi connectivity index (χ0n) is 17.0. The molecule has 0 atom stereocenters. The molecule has 1 N–H and O–H groups in total. The highest BCUT2D eigenvalue weighted by atomic mass is 16.3. The zero-order valence-corrected chi connectivity index (χ0v) is 17.0. The van der Waals surface area contributed by atoms with Crippen LogP contribution < -0.4 is 5.32 Å². The zero-order chi connectivity index (χ0) is 20.4. The van der Waals surface area contributed by atoms with Gasteiger partial charge in [0.05, 0.1) is 23.8 Å². The lowest BCUT2D eigenvalue weighted by Gasteiger charge is -2.19. The number of nitrogens with zero attached hydrogens (tertiary/aromatic N) is 2. The normalized spacial score (nSPS) is 11.7. The van der Waals surface area contributed by atoms with Crippen LogP contribution in [-0.4, -0.2) is 15.5 Å². The molecule has 29 heavy (non-hydrogen) atoms. The number of rotatable bonds is 5. The van der Waals surface area contributed by atoms with Crippen LogP contribution in [0.15, 0.2) is 71.3 Å². The minimum Gasteiger partial charge on any atom is -0.459 e. The van der Waals surface area contributed by atoms with Crippen molar-refractivity contribution in [3.05, 3.63) is 89.6 Å². The maximum atomic E-state index is 12.3. The molecule has 148 valence electrons. The van der Waals surface area contributed by atoms with E-state index < -0.39 is 0 Å². The lowest BCUT2D eigenvalue weighted by molar-refractivity contribution is 0.0922. The Kier molecular flexibility index (Phi) is 4.97. The molecule has 1 amide bonds. The number of furan rings is 1. The van der Waals surface area contributed by atoms with Gasteiger partial charge in [0.2, 0.25) is 0 Å². The number of hydrogen-bond donors (Lipinski definition) is 1. The number of benzene rings is 2. The van der Waals surface area contributed by atoms with Gasteiger partial charge in [-0.3, -0.25) is 4.79 Å². The van der Waals surface area contributed by atoms with Crippen LogP contribution in [0.3, 0.4) is 0 Å². The monoisotopic (exact) mass is 387 g/mol. The summed E-state index contributed by atoms with van der Waals surface area (Å²) in [5, 5.41) is 2.90. The number of fused-ring (bicyclic) bond motifs is 1. The van der Waals surface area contributed by atoms with Crippen LogP contribution in [0.1, 0.15) is 48.3 Å². The molecule has 5 heteroatoms. The van der Waals surface area contributed by atoms with E-state index in [-0.39, 0.29) is 11.3 Å². The highest BCUT2D eigenvalue weighted by Crippen LogP contribution is 2.23. The number of hydrogen-bond acceptors (Lipinski definition) is 3. The molecule has 0 spiro atoms. The van der Waals surface area contributed by atoms with Crippen LogP contribution in [-0.2, 0) is 18.5 Å². The summed E-state index contributed by atoms with van der Waals surface area (Å²) >= 11 is 0. The molecule has 4 rings (SSSR count). The molecule has 0 unspecified atom stereocenters. The first-order chi connectivity index (χ1) is 13.9. The van der Waals surface area contributed by atoms with Crippen LogP contribution in [0, 0.1) is 0 Å². The largest absolute Gasteiger partial charge is 0.459 e. The minimum absolute atomic E-state index is 0.127. The number of imidazole rings is 1. The van der Waals surface area contributed by atoms with Gasteiger partial charge < -0.3 is 14.3 Å². The fourth-order valence-electron chi connectivity index (χ4n) is 3.38. The highest BCUT2D eigenvalue weighted by Gasteiger charge is 2.15. The molecular formula is C24H25N3O2. The average molecular weight is 387 g/mol. The van der Waals surface area contributed by atoms with Gasteiger partial charge in [0, 0.05) is 6.54 Å².